The number of carbonyl (C=O) groups is 1. The molecular formula is C16H20O2. The number of ether oxygens (including phenoxy) is 1. The lowest BCUT2D eigenvalue weighted by Gasteiger charge is -2.18. The van der Waals surface area contributed by atoms with Gasteiger partial charge < -0.3 is 4.74 Å². The number of fused-ring (bicyclic) bond motifs is 1. The van der Waals surface area contributed by atoms with E-state index in [9.17, 15) is 4.79 Å². The Labute approximate surface area is 108 Å². The van der Waals surface area contributed by atoms with Gasteiger partial charge >= 0.3 is 0 Å². The average Bonchev–Trinajstić information content (AvgIpc) is 2.99. The molecule has 2 nitrogen and oxygen atoms in total. The standard InChI is InChI=1S/C16H20O2/c1-16-11-13(12-6-3-2-4-7-12)10-14(17)8-5-9-15(16)18-16/h2-4,6-7,13,15H,5,8-11H2,1H3/t13-,15-,16+/m1/s1. The minimum Gasteiger partial charge on any atom is -0.366 e. The molecule has 3 atom stereocenters. The van der Waals surface area contributed by atoms with Gasteiger partial charge in [-0.2, -0.15) is 0 Å². The number of hydrogen-bond donors (Lipinski definition) is 0. The molecule has 0 unspecified atom stereocenters. The fourth-order valence-corrected chi connectivity index (χ4v) is 3.22. The fraction of sp³-hybridized carbons (Fsp3) is 0.562. The summed E-state index contributed by atoms with van der Waals surface area (Å²) in [5.41, 5.74) is 1.30. The van der Waals surface area contributed by atoms with Gasteiger partial charge in [0.05, 0.1) is 11.7 Å². The third-order valence-electron chi connectivity index (χ3n) is 4.35. The van der Waals surface area contributed by atoms with Crippen LogP contribution in [0.1, 0.15) is 50.5 Å². The van der Waals surface area contributed by atoms with E-state index in [1.807, 2.05) is 6.07 Å². The monoisotopic (exact) mass is 244 g/mol. The number of rotatable bonds is 1. The Morgan fingerprint density at radius 1 is 1.28 bits per heavy atom. The Morgan fingerprint density at radius 2 is 2.06 bits per heavy atom. The molecule has 1 heterocycles. The summed E-state index contributed by atoms with van der Waals surface area (Å²) in [6.07, 6.45) is 4.79. The first-order chi connectivity index (χ1) is 8.67. The zero-order chi connectivity index (χ0) is 12.6. The lowest BCUT2D eigenvalue weighted by molar-refractivity contribution is -0.119. The molecule has 0 amide bonds. The van der Waals surface area contributed by atoms with Crippen LogP contribution in [0.15, 0.2) is 30.3 Å². The van der Waals surface area contributed by atoms with Gasteiger partial charge in [-0.1, -0.05) is 30.3 Å². The van der Waals surface area contributed by atoms with E-state index in [1.165, 1.54) is 5.56 Å². The zero-order valence-electron chi connectivity index (χ0n) is 10.9. The number of benzene rings is 1. The predicted octanol–water partition coefficient (Wildman–Crippen LogP) is 3.46. The van der Waals surface area contributed by atoms with Crippen LogP contribution in [0.2, 0.25) is 0 Å². The van der Waals surface area contributed by atoms with Gasteiger partial charge in [-0.15, -0.1) is 0 Å². The minimum absolute atomic E-state index is 0.0190. The zero-order valence-corrected chi connectivity index (χ0v) is 10.9. The molecule has 1 aromatic rings. The first kappa shape index (κ1) is 11.9. The topological polar surface area (TPSA) is 29.6 Å². The van der Waals surface area contributed by atoms with Crippen LogP contribution in [0.3, 0.4) is 0 Å². The van der Waals surface area contributed by atoms with E-state index >= 15 is 0 Å². The molecule has 0 radical (unpaired) electrons. The third kappa shape index (κ3) is 2.35. The number of hydrogen-bond acceptors (Lipinski definition) is 2. The smallest absolute Gasteiger partial charge is 0.133 e. The van der Waals surface area contributed by atoms with Gasteiger partial charge in [0.15, 0.2) is 0 Å². The Balaban J connectivity index is 1.83. The Hall–Kier alpha value is -1.15. The average molecular weight is 244 g/mol. The van der Waals surface area contributed by atoms with E-state index < -0.39 is 0 Å². The highest BCUT2D eigenvalue weighted by molar-refractivity contribution is 5.79. The summed E-state index contributed by atoms with van der Waals surface area (Å²) in [5.74, 6) is 0.737. The van der Waals surface area contributed by atoms with Crippen molar-refractivity contribution < 1.29 is 9.53 Å². The summed E-state index contributed by atoms with van der Waals surface area (Å²) >= 11 is 0. The maximum atomic E-state index is 12.0. The van der Waals surface area contributed by atoms with Gasteiger partial charge in [-0.3, -0.25) is 4.79 Å². The van der Waals surface area contributed by atoms with Gasteiger partial charge in [-0.05, 0) is 37.7 Å². The maximum absolute atomic E-state index is 12.0. The summed E-state index contributed by atoms with van der Waals surface area (Å²) in [6, 6.07) is 10.4. The quantitative estimate of drug-likeness (QED) is 0.708. The Bertz CT molecular complexity index is 440. The second-order valence-electron chi connectivity index (χ2n) is 5.87. The fourth-order valence-electron chi connectivity index (χ4n) is 3.22. The molecule has 0 bridgehead atoms. The van der Waals surface area contributed by atoms with Crippen molar-refractivity contribution in [3.63, 3.8) is 0 Å². The summed E-state index contributed by atoms with van der Waals surface area (Å²) in [6.45, 7) is 2.20. The van der Waals surface area contributed by atoms with E-state index in [-0.39, 0.29) is 5.60 Å². The number of epoxide rings is 1. The lowest BCUT2D eigenvalue weighted by Crippen LogP contribution is -2.16. The van der Waals surface area contributed by atoms with Crippen molar-refractivity contribution in [2.75, 3.05) is 0 Å². The van der Waals surface area contributed by atoms with Crippen molar-refractivity contribution >= 4 is 5.78 Å². The highest BCUT2D eigenvalue weighted by Gasteiger charge is 2.52. The highest BCUT2D eigenvalue weighted by atomic mass is 16.6. The van der Waals surface area contributed by atoms with Gasteiger partial charge in [0, 0.05) is 12.8 Å². The van der Waals surface area contributed by atoms with Crippen LogP contribution in [0, 0.1) is 0 Å². The number of carbonyl (C=O) groups excluding carboxylic acids is 1. The van der Waals surface area contributed by atoms with Crippen molar-refractivity contribution in [3.8, 4) is 0 Å². The van der Waals surface area contributed by atoms with Crippen molar-refractivity contribution in [2.45, 2.75) is 56.7 Å². The molecule has 2 heteroatoms. The van der Waals surface area contributed by atoms with Crippen LogP contribution in [-0.4, -0.2) is 17.5 Å². The molecule has 1 aliphatic heterocycles. The molecule has 1 saturated heterocycles. The van der Waals surface area contributed by atoms with Gasteiger partial charge in [0.25, 0.3) is 0 Å². The van der Waals surface area contributed by atoms with Crippen LogP contribution < -0.4 is 0 Å². The molecule has 1 aliphatic carbocycles. The summed E-state index contributed by atoms with van der Waals surface area (Å²) in [4.78, 5) is 12.0. The summed E-state index contributed by atoms with van der Waals surface area (Å²) < 4.78 is 5.86. The molecule has 18 heavy (non-hydrogen) atoms. The molecule has 0 aromatic heterocycles. The van der Waals surface area contributed by atoms with E-state index in [4.69, 9.17) is 4.74 Å². The molecule has 1 aromatic carbocycles. The lowest BCUT2D eigenvalue weighted by atomic mass is 9.85. The van der Waals surface area contributed by atoms with Crippen molar-refractivity contribution in [2.24, 2.45) is 0 Å². The maximum Gasteiger partial charge on any atom is 0.133 e. The van der Waals surface area contributed by atoms with Crippen molar-refractivity contribution in [1.29, 1.82) is 0 Å². The van der Waals surface area contributed by atoms with E-state index in [0.29, 0.717) is 24.2 Å². The summed E-state index contributed by atoms with van der Waals surface area (Å²) in [5, 5.41) is 0. The van der Waals surface area contributed by atoms with Crippen molar-refractivity contribution in [3.05, 3.63) is 35.9 Å². The van der Waals surface area contributed by atoms with Crippen LogP contribution >= 0.6 is 0 Å². The Kier molecular flexibility index (Phi) is 2.98. The molecule has 1 saturated carbocycles. The molecular weight excluding hydrogens is 224 g/mol. The van der Waals surface area contributed by atoms with E-state index in [0.717, 1.165) is 25.7 Å². The highest BCUT2D eigenvalue weighted by Crippen LogP contribution is 2.47. The minimum atomic E-state index is 0.0190. The predicted molar refractivity (Wildman–Crippen MR) is 70.6 cm³/mol. The molecule has 3 rings (SSSR count). The van der Waals surface area contributed by atoms with Gasteiger partial charge in [-0.25, -0.2) is 0 Å². The number of Topliss-reactive ketones (excluding diaryl/α,β-unsaturated/α-hetero) is 1. The third-order valence-corrected chi connectivity index (χ3v) is 4.35. The number of ketones is 1. The van der Waals surface area contributed by atoms with E-state index in [1.54, 1.807) is 0 Å². The SMILES string of the molecule is C[C@]12C[C@H](c3ccccc3)CC(=O)CCC[C@H]1O2. The van der Waals surface area contributed by atoms with E-state index in [2.05, 4.69) is 31.2 Å². The van der Waals surface area contributed by atoms with Gasteiger partial charge in [0.2, 0.25) is 0 Å². The first-order valence-electron chi connectivity index (χ1n) is 6.92. The second-order valence-corrected chi connectivity index (χ2v) is 5.87. The van der Waals surface area contributed by atoms with Crippen LogP contribution in [0.5, 0.6) is 0 Å². The van der Waals surface area contributed by atoms with Crippen molar-refractivity contribution in [1.82, 2.24) is 0 Å². The molecule has 2 aliphatic rings. The largest absolute Gasteiger partial charge is 0.366 e. The molecule has 96 valence electrons. The van der Waals surface area contributed by atoms with Crippen LogP contribution in [-0.2, 0) is 9.53 Å². The molecule has 0 N–H and O–H groups in total. The molecule has 0 spiro atoms. The second kappa shape index (κ2) is 4.51. The first-order valence-corrected chi connectivity index (χ1v) is 6.92. The van der Waals surface area contributed by atoms with Gasteiger partial charge in [0.1, 0.15) is 5.78 Å². The Morgan fingerprint density at radius 3 is 2.83 bits per heavy atom. The van der Waals surface area contributed by atoms with Crippen LogP contribution in [0.25, 0.3) is 0 Å². The molecule has 2 fully saturated rings. The summed E-state index contributed by atoms with van der Waals surface area (Å²) in [7, 11) is 0. The van der Waals surface area contributed by atoms with Crippen LogP contribution in [0.4, 0.5) is 0 Å². The normalized spacial score (nSPS) is 36.2.